The first kappa shape index (κ1) is 34.4. The molecule has 176 valence electrons. The van der Waals surface area contributed by atoms with Gasteiger partial charge in [0.15, 0.2) is 0 Å². The van der Waals surface area contributed by atoms with E-state index in [1.54, 1.807) is 0 Å². The fourth-order valence-electron chi connectivity index (χ4n) is 2.55. The van der Waals surface area contributed by atoms with Crippen LogP contribution in [0.1, 0.15) is 90.9 Å². The van der Waals surface area contributed by atoms with E-state index >= 15 is 0 Å². The second-order valence-electron chi connectivity index (χ2n) is 6.76. The van der Waals surface area contributed by atoms with E-state index in [-0.39, 0.29) is 29.6 Å². The summed E-state index contributed by atoms with van der Waals surface area (Å²) < 4.78 is 55.3. The summed E-state index contributed by atoms with van der Waals surface area (Å²) in [6.45, 7) is 4.56. The summed E-state index contributed by atoms with van der Waals surface area (Å²) in [4.78, 5) is 20.7. The molecule has 0 aliphatic rings. The SMILES string of the molecule is CCCCCCCCCCCCC.O=C(O)CC(C(=O)O)(S(=O)(=O)O)S(=O)(=O)O.[NaH]. The average Bonchev–Trinajstić information content (AvgIpc) is 2.56. The van der Waals surface area contributed by atoms with Crippen LogP contribution in [0.2, 0.25) is 0 Å². The number of hydrogen-bond acceptors (Lipinski definition) is 6. The molecule has 0 radical (unpaired) electrons. The van der Waals surface area contributed by atoms with Gasteiger partial charge >= 0.3 is 45.6 Å². The van der Waals surface area contributed by atoms with Crippen LogP contribution in [0, 0.1) is 0 Å². The van der Waals surface area contributed by atoms with Gasteiger partial charge in [0.25, 0.3) is 20.2 Å². The predicted octanol–water partition coefficient (Wildman–Crippen LogP) is 2.69. The van der Waals surface area contributed by atoms with E-state index in [2.05, 4.69) is 13.8 Å². The van der Waals surface area contributed by atoms with E-state index in [4.69, 9.17) is 19.3 Å². The summed E-state index contributed by atoms with van der Waals surface area (Å²) >= 11 is 0. The summed E-state index contributed by atoms with van der Waals surface area (Å²) in [6.07, 6.45) is 13.9. The fourth-order valence-corrected chi connectivity index (χ4v) is 4.67. The van der Waals surface area contributed by atoms with Crippen molar-refractivity contribution < 1.29 is 45.7 Å². The van der Waals surface area contributed by atoms with Crippen molar-refractivity contribution in [3.8, 4) is 0 Å². The second-order valence-corrected chi connectivity index (χ2v) is 10.3. The summed E-state index contributed by atoms with van der Waals surface area (Å²) in [5.74, 6) is -4.88. The van der Waals surface area contributed by atoms with Gasteiger partial charge in [0.2, 0.25) is 0 Å². The maximum atomic E-state index is 10.6. The van der Waals surface area contributed by atoms with Gasteiger partial charge in [-0.1, -0.05) is 84.5 Å². The van der Waals surface area contributed by atoms with Crippen molar-refractivity contribution in [1.29, 1.82) is 0 Å². The number of carbonyl (C=O) groups is 2. The van der Waals surface area contributed by atoms with Crippen LogP contribution in [0.4, 0.5) is 0 Å². The molecule has 0 heterocycles. The van der Waals surface area contributed by atoms with Gasteiger partial charge in [0, 0.05) is 0 Å². The van der Waals surface area contributed by atoms with Gasteiger partial charge in [-0.25, -0.2) is 4.79 Å². The van der Waals surface area contributed by atoms with Crippen LogP contribution in [0.25, 0.3) is 0 Å². The molecule has 13 heteroatoms. The van der Waals surface area contributed by atoms with Crippen molar-refractivity contribution in [3.63, 3.8) is 0 Å². The number of unbranched alkanes of at least 4 members (excludes halogenated alkanes) is 10. The molecule has 0 fully saturated rings. The standard InChI is InChI=1S/C13H28.C4H6O10S2.Na.H/c1-3-5-7-9-11-13-12-10-8-6-4-2;5-2(6)1-4(3(7)8,15(9,10)11)16(12,13)14;;/h3-13H2,1-2H3;1H2,(H,5,6)(H,7,8)(H,9,10,11)(H,12,13,14);;. The van der Waals surface area contributed by atoms with Crippen LogP contribution in [-0.4, -0.2) is 81.7 Å². The molecule has 0 saturated heterocycles. The fraction of sp³-hybridized carbons (Fsp3) is 0.882. The second kappa shape index (κ2) is 17.3. The summed E-state index contributed by atoms with van der Waals surface area (Å²) in [6, 6.07) is 0. The van der Waals surface area contributed by atoms with Crippen molar-refractivity contribution in [2.75, 3.05) is 0 Å². The quantitative estimate of drug-likeness (QED) is 0.152. The monoisotopic (exact) mass is 486 g/mol. The van der Waals surface area contributed by atoms with Crippen molar-refractivity contribution in [3.05, 3.63) is 0 Å². The molecule has 0 unspecified atom stereocenters. The molecule has 0 aromatic carbocycles. The molecule has 0 aromatic rings. The molecule has 0 bridgehead atoms. The molecule has 0 aromatic heterocycles. The Kier molecular flexibility index (Phi) is 19.9. The van der Waals surface area contributed by atoms with E-state index in [1.165, 1.54) is 70.6 Å². The van der Waals surface area contributed by atoms with Gasteiger partial charge in [-0.05, 0) is 0 Å². The average molecular weight is 487 g/mol. The number of aliphatic carboxylic acids is 2. The Labute approximate surface area is 201 Å². The molecule has 30 heavy (non-hydrogen) atoms. The summed E-state index contributed by atoms with van der Waals surface area (Å²) in [5.41, 5.74) is 0. The van der Waals surface area contributed by atoms with Gasteiger partial charge in [-0.3, -0.25) is 13.9 Å². The molecular weight excluding hydrogens is 451 g/mol. The Morgan fingerprint density at radius 2 is 0.933 bits per heavy atom. The molecule has 0 aliphatic heterocycles. The van der Waals surface area contributed by atoms with Crippen molar-refractivity contribution in [2.24, 2.45) is 0 Å². The van der Waals surface area contributed by atoms with E-state index in [1.807, 2.05) is 0 Å². The molecule has 0 atom stereocenters. The van der Waals surface area contributed by atoms with Crippen molar-refractivity contribution in [2.45, 2.75) is 95.0 Å². The van der Waals surface area contributed by atoms with E-state index in [9.17, 15) is 26.4 Å². The molecule has 0 spiro atoms. The Morgan fingerprint density at radius 3 is 1.07 bits per heavy atom. The first-order valence-electron chi connectivity index (χ1n) is 9.67. The number of carboxylic acid groups (broad SMARTS) is 2. The maximum absolute atomic E-state index is 10.6. The zero-order valence-corrected chi connectivity index (χ0v) is 18.7. The number of hydrogen-bond donors (Lipinski definition) is 4. The third-order valence-corrected chi connectivity index (χ3v) is 7.82. The van der Waals surface area contributed by atoms with Gasteiger partial charge in [-0.15, -0.1) is 0 Å². The van der Waals surface area contributed by atoms with Crippen molar-refractivity contribution in [1.82, 2.24) is 0 Å². The Morgan fingerprint density at radius 1 is 0.667 bits per heavy atom. The normalized spacial score (nSPS) is 11.7. The van der Waals surface area contributed by atoms with Gasteiger partial charge < -0.3 is 10.2 Å². The molecular formula is C17H35NaO10S2. The minimum atomic E-state index is -5.90. The Balaban J connectivity index is -0.000000480. The topological polar surface area (TPSA) is 183 Å². The third kappa shape index (κ3) is 13.2. The number of carboxylic acids is 2. The molecule has 0 amide bonds. The van der Waals surface area contributed by atoms with E-state index in [0.29, 0.717) is 0 Å². The first-order valence-corrected chi connectivity index (χ1v) is 12.5. The van der Waals surface area contributed by atoms with Gasteiger partial charge in [-0.2, -0.15) is 16.8 Å². The third-order valence-electron chi connectivity index (χ3n) is 4.25. The molecule has 10 nitrogen and oxygen atoms in total. The first-order chi connectivity index (χ1) is 13.3. The molecule has 0 aliphatic carbocycles. The predicted molar refractivity (Wildman–Crippen MR) is 115 cm³/mol. The summed E-state index contributed by atoms with van der Waals surface area (Å²) in [5, 5.41) is 16.6. The Bertz CT molecular complexity index is 647. The summed E-state index contributed by atoms with van der Waals surface area (Å²) in [7, 11) is -11.8. The molecule has 4 N–H and O–H groups in total. The zero-order valence-electron chi connectivity index (χ0n) is 17.0. The Hall–Kier alpha value is -0.240. The van der Waals surface area contributed by atoms with Crippen LogP contribution in [-0.2, 0) is 29.8 Å². The zero-order chi connectivity index (χ0) is 23.1. The van der Waals surface area contributed by atoms with Crippen LogP contribution in [0.3, 0.4) is 0 Å². The van der Waals surface area contributed by atoms with Crippen LogP contribution >= 0.6 is 0 Å². The van der Waals surface area contributed by atoms with E-state index in [0.717, 1.165) is 0 Å². The molecule has 0 rings (SSSR count). The van der Waals surface area contributed by atoms with Crippen LogP contribution in [0.5, 0.6) is 0 Å². The molecule has 0 saturated carbocycles. The minimum absolute atomic E-state index is 0. The van der Waals surface area contributed by atoms with Crippen LogP contribution < -0.4 is 0 Å². The van der Waals surface area contributed by atoms with E-state index < -0.39 is 42.7 Å². The van der Waals surface area contributed by atoms with Gasteiger partial charge in [0.1, 0.15) is 0 Å². The van der Waals surface area contributed by atoms with Crippen LogP contribution in [0.15, 0.2) is 0 Å². The van der Waals surface area contributed by atoms with Crippen molar-refractivity contribution >= 4 is 61.7 Å². The number of rotatable bonds is 15. The van der Waals surface area contributed by atoms with Gasteiger partial charge in [0.05, 0.1) is 6.42 Å².